The molecule has 2 saturated heterocycles. The highest BCUT2D eigenvalue weighted by Crippen LogP contribution is 2.41. The number of nitrogens with one attached hydrogen (secondary N) is 2. The Morgan fingerprint density at radius 2 is 1.66 bits per heavy atom. The Morgan fingerprint density at radius 3 is 2.27 bits per heavy atom. The van der Waals surface area contributed by atoms with Crippen molar-refractivity contribution < 1.29 is 24.2 Å². The van der Waals surface area contributed by atoms with E-state index in [1.165, 1.54) is 0 Å². The van der Waals surface area contributed by atoms with E-state index < -0.39 is 36.0 Å². The normalized spacial score (nSPS) is 28.6. The molecular weight excluding hydrogens is 528 g/mol. The number of imide groups is 1. The lowest BCUT2D eigenvalue weighted by molar-refractivity contribution is -0.139. The van der Waals surface area contributed by atoms with Crippen LogP contribution in [0.5, 0.6) is 0 Å². The fourth-order valence-corrected chi connectivity index (χ4v) is 6.30. The van der Waals surface area contributed by atoms with Crippen LogP contribution >= 0.6 is 0 Å². The van der Waals surface area contributed by atoms with E-state index in [0.29, 0.717) is 0 Å². The van der Waals surface area contributed by atoms with E-state index in [-0.39, 0.29) is 62.1 Å². The van der Waals surface area contributed by atoms with Gasteiger partial charge in [-0.15, -0.1) is 0 Å². The van der Waals surface area contributed by atoms with Gasteiger partial charge in [0.1, 0.15) is 12.1 Å². The van der Waals surface area contributed by atoms with Crippen molar-refractivity contribution in [2.45, 2.75) is 48.7 Å². The molecule has 3 unspecified atom stereocenters. The first-order valence-corrected chi connectivity index (χ1v) is 13.6. The molecule has 6 rings (SSSR count). The third-order valence-corrected chi connectivity index (χ3v) is 8.25. The third-order valence-electron chi connectivity index (χ3n) is 8.25. The minimum absolute atomic E-state index is 0.0331. The van der Waals surface area contributed by atoms with Gasteiger partial charge in [-0.3, -0.25) is 14.5 Å². The monoisotopic (exact) mass is 560 g/mol. The van der Waals surface area contributed by atoms with Crippen molar-refractivity contribution in [1.29, 1.82) is 0 Å². The molecule has 5 atom stereocenters. The highest BCUT2D eigenvalue weighted by atomic mass is 16.6. The second kappa shape index (κ2) is 10.4. The van der Waals surface area contributed by atoms with Crippen LogP contribution in [0.15, 0.2) is 70.6 Å². The topological polar surface area (TPSA) is 188 Å². The molecule has 0 aromatic heterocycles. The first kappa shape index (κ1) is 26.6. The molecule has 4 aliphatic rings. The van der Waals surface area contributed by atoms with Crippen molar-refractivity contribution in [2.75, 3.05) is 19.6 Å². The van der Waals surface area contributed by atoms with Gasteiger partial charge >= 0.3 is 6.09 Å². The number of rotatable bonds is 7. The molecule has 4 heterocycles. The summed E-state index contributed by atoms with van der Waals surface area (Å²) in [7, 11) is 0. The van der Waals surface area contributed by atoms with E-state index in [2.05, 4.69) is 20.6 Å². The zero-order chi connectivity index (χ0) is 28.7. The Bertz CT molecular complexity index is 1350. The van der Waals surface area contributed by atoms with Gasteiger partial charge in [-0.25, -0.2) is 14.8 Å². The molecule has 0 radical (unpaired) electrons. The van der Waals surface area contributed by atoms with Crippen LogP contribution in [0.2, 0.25) is 0 Å². The molecule has 214 valence electrons. The van der Waals surface area contributed by atoms with Crippen LogP contribution in [0.25, 0.3) is 0 Å². The Hall–Kier alpha value is -4.65. The predicted octanol–water partition coefficient (Wildman–Crippen LogP) is -0.581. The summed E-state index contributed by atoms with van der Waals surface area (Å²) in [4.78, 5) is 49.3. The van der Waals surface area contributed by atoms with Crippen molar-refractivity contribution in [3.8, 4) is 0 Å². The number of guanidine groups is 2. The maximum Gasteiger partial charge on any atom is 0.407 e. The molecule has 2 aromatic rings. The minimum atomic E-state index is -1.35. The summed E-state index contributed by atoms with van der Waals surface area (Å²) >= 11 is 0. The average molecular weight is 561 g/mol. The van der Waals surface area contributed by atoms with Gasteiger partial charge in [0.25, 0.3) is 0 Å². The number of aliphatic imine (C=N–C) groups is 2. The van der Waals surface area contributed by atoms with E-state index in [1.807, 2.05) is 60.7 Å². The predicted molar refractivity (Wildman–Crippen MR) is 148 cm³/mol. The number of amides is 3. The van der Waals surface area contributed by atoms with Gasteiger partial charge in [0.2, 0.25) is 11.8 Å². The van der Waals surface area contributed by atoms with Crippen LogP contribution in [0.1, 0.15) is 29.9 Å². The lowest BCUT2D eigenvalue weighted by atomic mass is 9.88. The number of aliphatic hydroxyl groups excluding tert-OH is 1. The van der Waals surface area contributed by atoms with Crippen molar-refractivity contribution >= 4 is 29.8 Å². The van der Waals surface area contributed by atoms with E-state index in [9.17, 15) is 19.5 Å². The first-order chi connectivity index (χ1) is 19.8. The molecular formula is C28H32N8O5. The highest BCUT2D eigenvalue weighted by Gasteiger charge is 2.66. The molecule has 7 N–H and O–H groups in total. The van der Waals surface area contributed by atoms with Crippen LogP contribution in [0.3, 0.4) is 0 Å². The Morgan fingerprint density at radius 1 is 1.05 bits per heavy atom. The number of carbonyl (C=O) groups is 3. The summed E-state index contributed by atoms with van der Waals surface area (Å²) in [6.45, 7) is 0.256. The number of nitrogens with zero attached hydrogens (tertiary/aromatic N) is 4. The largest absolute Gasteiger partial charge is 0.441 e. The summed E-state index contributed by atoms with van der Waals surface area (Å²) < 4.78 is 5.72. The summed E-state index contributed by atoms with van der Waals surface area (Å²) in [5.41, 5.74) is 13.1. The summed E-state index contributed by atoms with van der Waals surface area (Å²) in [5.74, 6) is -0.597. The van der Waals surface area contributed by atoms with Gasteiger partial charge in [-0.2, -0.15) is 0 Å². The van der Waals surface area contributed by atoms with E-state index in [0.717, 1.165) is 16.0 Å². The molecule has 41 heavy (non-hydrogen) atoms. The summed E-state index contributed by atoms with van der Waals surface area (Å²) in [5, 5.41) is 17.4. The van der Waals surface area contributed by atoms with Gasteiger partial charge < -0.3 is 36.8 Å². The minimum Gasteiger partial charge on any atom is -0.441 e. The van der Waals surface area contributed by atoms with Crippen LogP contribution in [-0.2, 0) is 14.3 Å². The number of hydrogen-bond acceptors (Lipinski definition) is 11. The third kappa shape index (κ3) is 4.61. The molecule has 3 amide bonds. The molecule has 0 saturated carbocycles. The van der Waals surface area contributed by atoms with E-state index in [4.69, 9.17) is 16.2 Å². The lowest BCUT2D eigenvalue weighted by Crippen LogP contribution is -2.73. The zero-order valence-corrected chi connectivity index (χ0v) is 22.2. The summed E-state index contributed by atoms with van der Waals surface area (Å²) in [6, 6.07) is 18.1. The van der Waals surface area contributed by atoms with Gasteiger partial charge in [-0.05, 0) is 11.1 Å². The molecule has 2 fully saturated rings. The zero-order valence-electron chi connectivity index (χ0n) is 22.2. The number of likely N-dealkylation sites (tertiary alicyclic amines) is 1. The maximum absolute atomic E-state index is 13.0. The Labute approximate surface area is 236 Å². The highest BCUT2D eigenvalue weighted by molar-refractivity contribution is 6.02. The quantitative estimate of drug-likeness (QED) is 0.276. The number of ether oxygens (including phenoxy) is 1. The second-order valence-electron chi connectivity index (χ2n) is 10.6. The van der Waals surface area contributed by atoms with Crippen molar-refractivity contribution in [3.63, 3.8) is 0 Å². The van der Waals surface area contributed by atoms with Gasteiger partial charge in [0.05, 0.1) is 19.1 Å². The second-order valence-corrected chi connectivity index (χ2v) is 10.6. The van der Waals surface area contributed by atoms with Crippen LogP contribution in [0, 0.1) is 0 Å². The average Bonchev–Trinajstić information content (AvgIpc) is 3.59. The van der Waals surface area contributed by atoms with Crippen LogP contribution in [-0.4, -0.2) is 94.3 Å². The fraction of sp³-hybridized carbons (Fsp3) is 0.393. The number of carbonyl (C=O) groups excluding carboxylic acids is 3. The number of benzene rings is 2. The summed E-state index contributed by atoms with van der Waals surface area (Å²) in [6.07, 6.45) is -2.73. The smallest absolute Gasteiger partial charge is 0.407 e. The lowest BCUT2D eigenvalue weighted by Gasteiger charge is -2.46. The fourth-order valence-electron chi connectivity index (χ4n) is 6.30. The van der Waals surface area contributed by atoms with Crippen LogP contribution in [0.4, 0.5) is 4.79 Å². The van der Waals surface area contributed by atoms with E-state index >= 15 is 0 Å². The SMILES string of the molecule is NC1=NC2C(CN3C(=O)CCC3=O)N=C(N)N3C[C@H](OC(=O)NCC(c4ccccc4)c4ccccc4)[C@@H](O)C23N1. The molecule has 2 aromatic carbocycles. The van der Waals surface area contributed by atoms with Crippen LogP contribution < -0.4 is 22.1 Å². The van der Waals surface area contributed by atoms with Gasteiger partial charge in [0, 0.05) is 25.3 Å². The molecule has 1 spiro atoms. The maximum atomic E-state index is 13.0. The number of aliphatic hydroxyl groups is 1. The van der Waals surface area contributed by atoms with E-state index in [1.54, 1.807) is 4.90 Å². The number of nitrogens with two attached hydrogens (primary N) is 2. The van der Waals surface area contributed by atoms with Crippen molar-refractivity contribution in [2.24, 2.45) is 21.5 Å². The first-order valence-electron chi connectivity index (χ1n) is 13.6. The van der Waals surface area contributed by atoms with Gasteiger partial charge in [0.15, 0.2) is 23.7 Å². The molecule has 4 aliphatic heterocycles. The number of alkyl carbamates (subject to hydrolysis) is 1. The van der Waals surface area contributed by atoms with Gasteiger partial charge in [-0.1, -0.05) is 60.7 Å². The van der Waals surface area contributed by atoms with Crippen molar-refractivity contribution in [3.05, 3.63) is 71.8 Å². The van der Waals surface area contributed by atoms with Crippen molar-refractivity contribution in [1.82, 2.24) is 20.4 Å². The Balaban J connectivity index is 1.17. The Kier molecular flexibility index (Phi) is 6.73. The molecule has 13 heteroatoms. The molecule has 0 aliphatic carbocycles. The molecule has 13 nitrogen and oxygen atoms in total. The molecule has 0 bridgehead atoms. The standard InChI is InChI=1S/C28H32N8O5/c29-25-33-23-19(14-35-21(37)11-12-22(35)38)32-26(30)36-15-20(24(39)28(23,36)34-25)41-27(40)31-13-18(16-7-3-1-4-8-16)17-9-5-2-6-10-17/h1-10,18-20,23-24,39H,11-15H2,(H2,30,32)(H,31,40)(H3,29,33,34)/t19?,20-,23?,24+,28?/m0/s1. The number of hydrogen-bond donors (Lipinski definition) is 5.